The number of ether oxygens (including phenoxy) is 1. The van der Waals surface area contributed by atoms with Crippen LogP contribution in [0.15, 0.2) is 41.8 Å². The average molecular weight is 375 g/mol. The van der Waals surface area contributed by atoms with Gasteiger partial charge in [0.25, 0.3) is 0 Å². The van der Waals surface area contributed by atoms with Gasteiger partial charge in [0.1, 0.15) is 5.75 Å². The van der Waals surface area contributed by atoms with Crippen LogP contribution in [0.1, 0.15) is 4.88 Å². The summed E-state index contributed by atoms with van der Waals surface area (Å²) in [5.74, 6) is 0.885. The Kier molecular flexibility index (Phi) is 6.74. The Bertz CT molecular complexity index is 667. The lowest BCUT2D eigenvalue weighted by atomic mass is 10.2. The van der Waals surface area contributed by atoms with Crippen molar-refractivity contribution >= 4 is 23.1 Å². The van der Waals surface area contributed by atoms with E-state index in [9.17, 15) is 4.79 Å². The molecule has 0 saturated carbocycles. The first-order valence-electron chi connectivity index (χ1n) is 8.90. The molecule has 1 aromatic carbocycles. The minimum atomic E-state index is -0.102. The summed E-state index contributed by atoms with van der Waals surface area (Å²) in [5, 5.41) is 7.83. The summed E-state index contributed by atoms with van der Waals surface area (Å²) in [6.07, 6.45) is 0. The van der Waals surface area contributed by atoms with Crippen molar-refractivity contribution in [2.24, 2.45) is 0 Å². The molecule has 0 bridgehead atoms. The van der Waals surface area contributed by atoms with Gasteiger partial charge in [-0.2, -0.15) is 0 Å². The fourth-order valence-electron chi connectivity index (χ4n) is 2.99. The van der Waals surface area contributed by atoms with E-state index in [-0.39, 0.29) is 6.03 Å². The number of carbonyl (C=O) groups is 1. The van der Waals surface area contributed by atoms with Gasteiger partial charge in [-0.3, -0.25) is 4.90 Å². The van der Waals surface area contributed by atoms with E-state index in [1.165, 1.54) is 5.69 Å². The van der Waals surface area contributed by atoms with Crippen molar-refractivity contribution in [3.8, 4) is 5.75 Å². The number of methoxy groups -OCH3 is 1. The maximum atomic E-state index is 11.8. The number of carbonyl (C=O) groups excluding carboxylic acids is 1. The summed E-state index contributed by atoms with van der Waals surface area (Å²) in [7, 11) is 1.68. The Labute approximate surface area is 158 Å². The van der Waals surface area contributed by atoms with Crippen molar-refractivity contribution < 1.29 is 9.53 Å². The number of benzene rings is 1. The molecule has 0 atom stereocenters. The Hall–Kier alpha value is -2.25. The Balaban J connectivity index is 1.31. The van der Waals surface area contributed by atoms with Gasteiger partial charge in [0, 0.05) is 49.8 Å². The quantitative estimate of drug-likeness (QED) is 0.781. The normalized spacial score (nSPS) is 14.9. The summed E-state index contributed by atoms with van der Waals surface area (Å²) in [6, 6.07) is 12.1. The minimum Gasteiger partial charge on any atom is -0.497 e. The third-order valence-electron chi connectivity index (χ3n) is 4.53. The Morgan fingerprint density at radius 1 is 1.12 bits per heavy atom. The molecule has 1 aliphatic heterocycles. The number of amides is 2. The smallest absolute Gasteiger partial charge is 0.315 e. The zero-order valence-corrected chi connectivity index (χ0v) is 15.9. The second-order valence-corrected chi connectivity index (χ2v) is 7.25. The SMILES string of the molecule is COc1ccc(N2CCN(CCNC(=O)NCc3cccs3)CC2)cc1. The monoisotopic (exact) mass is 374 g/mol. The van der Waals surface area contributed by atoms with E-state index in [1.807, 2.05) is 29.6 Å². The lowest BCUT2D eigenvalue weighted by molar-refractivity contribution is 0.232. The van der Waals surface area contributed by atoms with Crippen molar-refractivity contribution in [2.45, 2.75) is 6.54 Å². The number of hydrogen-bond acceptors (Lipinski definition) is 5. The van der Waals surface area contributed by atoms with Crippen LogP contribution < -0.4 is 20.3 Å². The second kappa shape index (κ2) is 9.45. The summed E-state index contributed by atoms with van der Waals surface area (Å²) < 4.78 is 5.21. The molecule has 1 saturated heterocycles. The zero-order valence-electron chi connectivity index (χ0n) is 15.1. The van der Waals surface area contributed by atoms with Crippen molar-refractivity contribution in [1.29, 1.82) is 0 Å². The standard InChI is InChI=1S/C19H26N4O2S/c1-25-17-6-4-16(5-7-17)23-12-10-22(11-13-23)9-8-20-19(24)21-15-18-3-2-14-26-18/h2-7,14H,8-13,15H2,1H3,(H2,20,21,24). The third-order valence-corrected chi connectivity index (χ3v) is 5.40. The fraction of sp³-hybridized carbons (Fsp3) is 0.421. The van der Waals surface area contributed by atoms with Gasteiger partial charge in [-0.25, -0.2) is 4.79 Å². The molecule has 2 amide bonds. The van der Waals surface area contributed by atoms with Gasteiger partial charge in [-0.1, -0.05) is 6.07 Å². The fourth-order valence-corrected chi connectivity index (χ4v) is 3.64. The molecule has 2 heterocycles. The van der Waals surface area contributed by atoms with Crippen LogP contribution in [0.5, 0.6) is 5.75 Å². The molecule has 7 heteroatoms. The summed E-state index contributed by atoms with van der Waals surface area (Å²) in [4.78, 5) is 17.8. The largest absolute Gasteiger partial charge is 0.497 e. The molecule has 3 rings (SSSR count). The maximum Gasteiger partial charge on any atom is 0.315 e. The molecule has 1 aromatic heterocycles. The number of anilines is 1. The average Bonchev–Trinajstić information content (AvgIpc) is 3.21. The van der Waals surface area contributed by atoms with Gasteiger partial charge < -0.3 is 20.3 Å². The molecule has 0 radical (unpaired) electrons. The van der Waals surface area contributed by atoms with Crippen LogP contribution in [-0.4, -0.2) is 57.3 Å². The molecule has 1 fully saturated rings. The maximum absolute atomic E-state index is 11.8. The molecule has 6 nitrogen and oxygen atoms in total. The summed E-state index contributed by atoms with van der Waals surface area (Å²) in [6.45, 7) is 6.13. The number of thiophene rings is 1. The van der Waals surface area contributed by atoms with Crippen molar-refractivity contribution in [2.75, 3.05) is 51.3 Å². The van der Waals surface area contributed by atoms with Crippen LogP contribution in [-0.2, 0) is 6.54 Å². The van der Waals surface area contributed by atoms with Gasteiger partial charge in [-0.15, -0.1) is 11.3 Å². The molecule has 2 N–H and O–H groups in total. The number of nitrogens with zero attached hydrogens (tertiary/aromatic N) is 2. The molecule has 0 aliphatic carbocycles. The van der Waals surface area contributed by atoms with E-state index < -0.39 is 0 Å². The molecule has 1 aliphatic rings. The predicted octanol–water partition coefficient (Wildman–Crippen LogP) is 2.38. The van der Waals surface area contributed by atoms with E-state index >= 15 is 0 Å². The molecule has 2 aromatic rings. The molecule has 26 heavy (non-hydrogen) atoms. The van der Waals surface area contributed by atoms with E-state index in [2.05, 4.69) is 32.6 Å². The van der Waals surface area contributed by atoms with Gasteiger partial charge in [-0.05, 0) is 35.7 Å². The molecule has 0 unspecified atom stereocenters. The van der Waals surface area contributed by atoms with Crippen molar-refractivity contribution in [1.82, 2.24) is 15.5 Å². The highest BCUT2D eigenvalue weighted by atomic mass is 32.1. The zero-order chi connectivity index (χ0) is 18.2. The van der Waals surface area contributed by atoms with Crippen LogP contribution in [0, 0.1) is 0 Å². The molecular formula is C19H26N4O2S. The Morgan fingerprint density at radius 2 is 1.88 bits per heavy atom. The van der Waals surface area contributed by atoms with E-state index in [0.717, 1.165) is 43.4 Å². The van der Waals surface area contributed by atoms with Crippen molar-refractivity contribution in [3.05, 3.63) is 46.7 Å². The van der Waals surface area contributed by atoms with Crippen LogP contribution in [0.25, 0.3) is 0 Å². The Morgan fingerprint density at radius 3 is 2.54 bits per heavy atom. The van der Waals surface area contributed by atoms with Crippen molar-refractivity contribution in [3.63, 3.8) is 0 Å². The van der Waals surface area contributed by atoms with Crippen LogP contribution in [0.4, 0.5) is 10.5 Å². The number of nitrogens with one attached hydrogen (secondary N) is 2. The topological polar surface area (TPSA) is 56.8 Å². The first kappa shape index (κ1) is 18.5. The van der Waals surface area contributed by atoms with Crippen LogP contribution >= 0.6 is 11.3 Å². The van der Waals surface area contributed by atoms with Crippen LogP contribution in [0.2, 0.25) is 0 Å². The number of rotatable bonds is 7. The lowest BCUT2D eigenvalue weighted by Crippen LogP contribution is -2.49. The van der Waals surface area contributed by atoms with E-state index in [1.54, 1.807) is 18.4 Å². The van der Waals surface area contributed by atoms with E-state index in [4.69, 9.17) is 4.74 Å². The summed E-state index contributed by atoms with van der Waals surface area (Å²) in [5.41, 5.74) is 1.23. The molecular weight excluding hydrogens is 348 g/mol. The number of hydrogen-bond donors (Lipinski definition) is 2. The second-order valence-electron chi connectivity index (χ2n) is 6.22. The van der Waals surface area contributed by atoms with Crippen LogP contribution in [0.3, 0.4) is 0 Å². The van der Waals surface area contributed by atoms with Gasteiger partial charge >= 0.3 is 6.03 Å². The highest BCUT2D eigenvalue weighted by Crippen LogP contribution is 2.20. The first-order valence-corrected chi connectivity index (χ1v) is 9.78. The third kappa shape index (κ3) is 5.37. The molecule has 140 valence electrons. The number of urea groups is 1. The van der Waals surface area contributed by atoms with Gasteiger partial charge in [0.15, 0.2) is 0 Å². The first-order chi connectivity index (χ1) is 12.7. The lowest BCUT2D eigenvalue weighted by Gasteiger charge is -2.36. The molecule has 0 spiro atoms. The predicted molar refractivity (Wildman–Crippen MR) is 106 cm³/mol. The number of piperazine rings is 1. The van der Waals surface area contributed by atoms with Gasteiger partial charge in [0.05, 0.1) is 13.7 Å². The summed E-state index contributed by atoms with van der Waals surface area (Å²) >= 11 is 1.65. The highest BCUT2D eigenvalue weighted by Gasteiger charge is 2.17. The highest BCUT2D eigenvalue weighted by molar-refractivity contribution is 7.09. The van der Waals surface area contributed by atoms with E-state index in [0.29, 0.717) is 13.1 Å². The van der Waals surface area contributed by atoms with Gasteiger partial charge in [0.2, 0.25) is 0 Å². The minimum absolute atomic E-state index is 0.102.